The Kier molecular flexibility index (Phi) is 6.89. The summed E-state index contributed by atoms with van der Waals surface area (Å²) in [6, 6.07) is 9.16. The van der Waals surface area contributed by atoms with Crippen LogP contribution in [0.3, 0.4) is 0 Å². The van der Waals surface area contributed by atoms with Crippen molar-refractivity contribution in [2.75, 3.05) is 13.7 Å². The normalized spacial score (nSPS) is 15.2. The smallest absolute Gasteiger partial charge is 0.0817 e. The van der Waals surface area contributed by atoms with Gasteiger partial charge in [-0.2, -0.15) is 0 Å². The summed E-state index contributed by atoms with van der Waals surface area (Å²) >= 11 is 0. The summed E-state index contributed by atoms with van der Waals surface area (Å²) < 4.78 is 6.07. The van der Waals surface area contributed by atoms with Crippen molar-refractivity contribution in [1.82, 2.24) is 5.32 Å². The first-order valence-electron chi connectivity index (χ1n) is 8.17. The molecule has 0 radical (unpaired) electrons. The first kappa shape index (κ1) is 18.2. The molecule has 0 spiro atoms. The third-order valence-electron chi connectivity index (χ3n) is 3.77. The minimum absolute atomic E-state index is 0.0950. The van der Waals surface area contributed by atoms with E-state index in [9.17, 15) is 0 Å². The van der Waals surface area contributed by atoms with Crippen LogP contribution in [0.1, 0.15) is 58.7 Å². The summed E-state index contributed by atoms with van der Waals surface area (Å²) in [6.07, 6.45) is 1.28. The van der Waals surface area contributed by atoms with Crippen LogP contribution in [0.4, 0.5) is 0 Å². The van der Waals surface area contributed by atoms with E-state index in [0.29, 0.717) is 5.92 Å². The average molecular weight is 291 g/mol. The van der Waals surface area contributed by atoms with Crippen molar-refractivity contribution >= 4 is 0 Å². The second-order valence-electron chi connectivity index (χ2n) is 7.35. The molecule has 0 amide bonds. The largest absolute Gasteiger partial charge is 0.376 e. The average Bonchev–Trinajstić information content (AvgIpc) is 2.37. The summed E-state index contributed by atoms with van der Waals surface area (Å²) in [4.78, 5) is 0. The topological polar surface area (TPSA) is 21.3 Å². The van der Waals surface area contributed by atoms with Gasteiger partial charge in [-0.25, -0.2) is 0 Å². The van der Waals surface area contributed by atoms with Crippen LogP contribution in [0.15, 0.2) is 24.3 Å². The Hall–Kier alpha value is -0.860. The van der Waals surface area contributed by atoms with Gasteiger partial charge in [-0.3, -0.25) is 0 Å². The maximum Gasteiger partial charge on any atom is 0.0817 e. The molecule has 0 saturated heterocycles. The van der Waals surface area contributed by atoms with Gasteiger partial charge in [-0.05, 0) is 42.9 Å². The number of benzene rings is 1. The molecule has 0 aliphatic heterocycles. The number of hydrogen-bond acceptors (Lipinski definition) is 2. The molecular formula is C19H33NO. The van der Waals surface area contributed by atoms with E-state index in [4.69, 9.17) is 4.74 Å². The van der Waals surface area contributed by atoms with Gasteiger partial charge in [-0.1, -0.05) is 58.9 Å². The van der Waals surface area contributed by atoms with Crippen LogP contribution < -0.4 is 5.32 Å². The van der Waals surface area contributed by atoms with Crippen LogP contribution in [0, 0.1) is 11.3 Å². The van der Waals surface area contributed by atoms with Gasteiger partial charge in [0.15, 0.2) is 0 Å². The maximum absolute atomic E-state index is 6.07. The Balaban J connectivity index is 3.07. The highest BCUT2D eigenvalue weighted by Crippen LogP contribution is 2.33. The van der Waals surface area contributed by atoms with Crippen LogP contribution in [0.5, 0.6) is 0 Å². The predicted octanol–water partition coefficient (Wildman–Crippen LogP) is 4.60. The summed E-state index contributed by atoms with van der Waals surface area (Å²) in [7, 11) is 2.03. The van der Waals surface area contributed by atoms with E-state index in [1.54, 1.807) is 0 Å². The molecule has 2 heteroatoms. The third kappa shape index (κ3) is 5.44. The van der Waals surface area contributed by atoms with Crippen molar-refractivity contribution in [1.29, 1.82) is 0 Å². The molecule has 0 bridgehead atoms. The van der Waals surface area contributed by atoms with Crippen molar-refractivity contribution in [3.8, 4) is 0 Å². The molecule has 0 aliphatic carbocycles. The Labute approximate surface area is 131 Å². The molecule has 0 fully saturated rings. The molecule has 0 heterocycles. The lowest BCUT2D eigenvalue weighted by Crippen LogP contribution is -2.41. The van der Waals surface area contributed by atoms with Gasteiger partial charge >= 0.3 is 0 Å². The number of hydrogen-bond donors (Lipinski definition) is 1. The second kappa shape index (κ2) is 7.95. The summed E-state index contributed by atoms with van der Waals surface area (Å²) in [5.41, 5.74) is 2.83. The minimum atomic E-state index is 0.0950. The fraction of sp³-hybridized carbons (Fsp3) is 0.684. The molecular weight excluding hydrogens is 258 g/mol. The van der Waals surface area contributed by atoms with Crippen LogP contribution in [-0.2, 0) is 11.2 Å². The van der Waals surface area contributed by atoms with E-state index in [1.165, 1.54) is 11.1 Å². The fourth-order valence-corrected chi connectivity index (χ4v) is 2.90. The Morgan fingerprint density at radius 2 is 1.86 bits per heavy atom. The van der Waals surface area contributed by atoms with E-state index >= 15 is 0 Å². The molecule has 2 unspecified atom stereocenters. The van der Waals surface area contributed by atoms with Gasteiger partial charge in [0.1, 0.15) is 0 Å². The summed E-state index contributed by atoms with van der Waals surface area (Å²) in [5.74, 6) is 0.679. The second-order valence-corrected chi connectivity index (χ2v) is 7.35. The van der Waals surface area contributed by atoms with E-state index in [0.717, 1.165) is 13.0 Å². The molecule has 120 valence electrons. The molecule has 1 N–H and O–H groups in total. The highest BCUT2D eigenvalue weighted by molar-refractivity contribution is 5.27. The van der Waals surface area contributed by atoms with Gasteiger partial charge < -0.3 is 10.1 Å². The molecule has 1 aromatic carbocycles. The molecule has 1 aromatic rings. The van der Waals surface area contributed by atoms with Crippen molar-refractivity contribution in [2.45, 2.75) is 60.1 Å². The van der Waals surface area contributed by atoms with Gasteiger partial charge in [0.25, 0.3) is 0 Å². The first-order chi connectivity index (χ1) is 9.79. The van der Waals surface area contributed by atoms with Gasteiger partial charge in [0.2, 0.25) is 0 Å². The quantitative estimate of drug-likeness (QED) is 0.793. The van der Waals surface area contributed by atoms with Crippen LogP contribution in [-0.4, -0.2) is 19.8 Å². The Bertz CT molecular complexity index is 420. The predicted molar refractivity (Wildman–Crippen MR) is 91.7 cm³/mol. The van der Waals surface area contributed by atoms with Crippen LogP contribution in [0.25, 0.3) is 0 Å². The van der Waals surface area contributed by atoms with Crippen LogP contribution >= 0.6 is 0 Å². The van der Waals surface area contributed by atoms with Crippen molar-refractivity contribution in [2.24, 2.45) is 11.3 Å². The molecule has 1 rings (SSSR count). The third-order valence-corrected chi connectivity index (χ3v) is 3.77. The zero-order valence-corrected chi connectivity index (χ0v) is 14.9. The lowest BCUT2D eigenvalue weighted by Gasteiger charge is -2.37. The fourth-order valence-electron chi connectivity index (χ4n) is 2.90. The highest BCUT2D eigenvalue weighted by Gasteiger charge is 2.33. The van der Waals surface area contributed by atoms with Gasteiger partial charge in [-0.15, -0.1) is 0 Å². The Morgan fingerprint density at radius 1 is 1.19 bits per heavy atom. The first-order valence-corrected chi connectivity index (χ1v) is 8.17. The summed E-state index contributed by atoms with van der Waals surface area (Å²) in [6.45, 7) is 14.1. The monoisotopic (exact) mass is 291 g/mol. The number of likely N-dealkylation sites (N-methyl/N-ethyl adjacent to an activating group) is 1. The van der Waals surface area contributed by atoms with Gasteiger partial charge in [0, 0.05) is 6.61 Å². The summed E-state index contributed by atoms with van der Waals surface area (Å²) in [5, 5.41) is 3.47. The van der Waals surface area contributed by atoms with Crippen molar-refractivity contribution in [3.63, 3.8) is 0 Å². The van der Waals surface area contributed by atoms with E-state index in [2.05, 4.69) is 71.1 Å². The SMILES string of the molecule is CCOC(C(NC)c1cccc(CC(C)C)c1)C(C)(C)C. The Morgan fingerprint density at radius 3 is 2.33 bits per heavy atom. The highest BCUT2D eigenvalue weighted by atomic mass is 16.5. The van der Waals surface area contributed by atoms with Crippen molar-refractivity contribution in [3.05, 3.63) is 35.4 Å². The number of nitrogens with one attached hydrogen (secondary N) is 1. The van der Waals surface area contributed by atoms with E-state index in [1.807, 2.05) is 7.05 Å². The lowest BCUT2D eigenvalue weighted by molar-refractivity contribution is -0.0351. The standard InChI is InChI=1S/C19H33NO/c1-8-21-18(19(4,5)6)17(20-7)16-11-9-10-15(13-16)12-14(2)3/h9-11,13-14,17-18,20H,8,12H2,1-7H3. The maximum atomic E-state index is 6.07. The van der Waals surface area contributed by atoms with E-state index < -0.39 is 0 Å². The zero-order valence-electron chi connectivity index (χ0n) is 14.9. The van der Waals surface area contributed by atoms with Crippen LogP contribution in [0.2, 0.25) is 0 Å². The molecule has 0 saturated carbocycles. The molecule has 0 aliphatic rings. The number of ether oxygens (including phenoxy) is 1. The molecule has 2 atom stereocenters. The molecule has 2 nitrogen and oxygen atoms in total. The van der Waals surface area contributed by atoms with Crippen molar-refractivity contribution < 1.29 is 4.74 Å². The number of rotatable bonds is 7. The van der Waals surface area contributed by atoms with E-state index in [-0.39, 0.29) is 17.6 Å². The lowest BCUT2D eigenvalue weighted by atomic mass is 9.81. The zero-order chi connectivity index (χ0) is 16.0. The molecule has 21 heavy (non-hydrogen) atoms. The van der Waals surface area contributed by atoms with Gasteiger partial charge in [0.05, 0.1) is 12.1 Å². The minimum Gasteiger partial charge on any atom is -0.376 e. The molecule has 0 aromatic heterocycles.